The van der Waals surface area contributed by atoms with Crippen LogP contribution in [0.3, 0.4) is 0 Å². The highest BCUT2D eigenvalue weighted by Gasteiger charge is 2.17. The normalized spacial score (nSPS) is 23.9. The molecule has 1 rings (SSSR count). The molecule has 0 bridgehead atoms. The minimum absolute atomic E-state index is 0.286. The van der Waals surface area contributed by atoms with Crippen LogP contribution in [0.25, 0.3) is 0 Å². The molecule has 1 unspecified atom stereocenters. The number of aliphatic imine (C=N–C) groups is 1. The molecule has 0 aliphatic heterocycles. The maximum Gasteiger partial charge on any atom is 0.107 e. The van der Waals surface area contributed by atoms with Crippen LogP contribution >= 0.6 is 23.2 Å². The van der Waals surface area contributed by atoms with E-state index in [4.69, 9.17) is 34.0 Å². The molecule has 74 valence electrons. The first-order valence-electron chi connectivity index (χ1n) is 3.75. The third kappa shape index (κ3) is 2.43. The van der Waals surface area contributed by atoms with Gasteiger partial charge in [0.05, 0.1) is 23.1 Å². The molecule has 6 heteroatoms. The third-order valence-corrected chi connectivity index (χ3v) is 2.26. The summed E-state index contributed by atoms with van der Waals surface area (Å²) in [6.45, 7) is 0. The Morgan fingerprint density at radius 1 is 1.43 bits per heavy atom. The quantitative estimate of drug-likeness (QED) is 0.503. The fraction of sp³-hybridized carbons (Fsp3) is 0.125. The average molecular weight is 231 g/mol. The van der Waals surface area contributed by atoms with Crippen LogP contribution in [0.2, 0.25) is 0 Å². The van der Waals surface area contributed by atoms with Crippen LogP contribution in [-0.4, -0.2) is 24.4 Å². The van der Waals surface area contributed by atoms with Crippen LogP contribution in [0.15, 0.2) is 27.2 Å². The molecule has 0 amide bonds. The predicted octanol–water partition coefficient (Wildman–Crippen LogP) is 1.86. The summed E-state index contributed by atoms with van der Waals surface area (Å²) in [6.07, 6.45) is 5.14. The van der Waals surface area contributed by atoms with E-state index >= 15 is 0 Å². The maximum absolute atomic E-state index is 6.87. The predicted molar refractivity (Wildman–Crippen MR) is 59.8 cm³/mol. The van der Waals surface area contributed by atoms with Gasteiger partial charge in [0.2, 0.25) is 0 Å². The largest absolute Gasteiger partial charge is 0.365 e. The molecule has 0 aromatic heterocycles. The minimum Gasteiger partial charge on any atom is -0.365 e. The van der Waals surface area contributed by atoms with Crippen molar-refractivity contribution in [1.29, 1.82) is 10.8 Å². The van der Waals surface area contributed by atoms with E-state index in [0.29, 0.717) is 15.8 Å². The number of nitrogens with one attached hydrogen (secondary N) is 3. The third-order valence-electron chi connectivity index (χ3n) is 1.60. The Labute approximate surface area is 91.3 Å². The van der Waals surface area contributed by atoms with Crippen molar-refractivity contribution in [3.05, 3.63) is 22.2 Å². The summed E-state index contributed by atoms with van der Waals surface area (Å²) < 4.78 is 0. The monoisotopic (exact) mass is 230 g/mol. The van der Waals surface area contributed by atoms with Gasteiger partial charge in [0.25, 0.3) is 0 Å². The molecule has 3 N–H and O–H groups in total. The number of hydrogen-bond donors (Lipinski definition) is 3. The summed E-state index contributed by atoms with van der Waals surface area (Å²) in [5, 5.41) is 17.3. The van der Waals surface area contributed by atoms with Gasteiger partial charge in [-0.2, -0.15) is 0 Å². The fourth-order valence-corrected chi connectivity index (χ4v) is 1.45. The average Bonchev–Trinajstić information content (AvgIpc) is 2.14. The van der Waals surface area contributed by atoms with Gasteiger partial charge in [0.15, 0.2) is 0 Å². The smallest absolute Gasteiger partial charge is 0.107 e. The van der Waals surface area contributed by atoms with E-state index < -0.39 is 0 Å². The van der Waals surface area contributed by atoms with Crippen LogP contribution in [0.1, 0.15) is 0 Å². The summed E-state index contributed by atoms with van der Waals surface area (Å²) in [5.74, 6) is 0. The minimum atomic E-state index is -0.286. The molecule has 0 radical (unpaired) electrons. The summed E-state index contributed by atoms with van der Waals surface area (Å²) in [5.41, 5.74) is 0.453. The van der Waals surface area contributed by atoms with E-state index in [1.165, 1.54) is 0 Å². The van der Waals surface area contributed by atoms with Crippen molar-refractivity contribution >= 4 is 41.6 Å². The zero-order chi connectivity index (χ0) is 10.6. The Hall–Kier alpha value is -1.13. The van der Waals surface area contributed by atoms with E-state index in [2.05, 4.69) is 10.3 Å². The Balaban J connectivity index is 2.94. The zero-order valence-electron chi connectivity index (χ0n) is 7.09. The van der Waals surface area contributed by atoms with E-state index in [1.54, 1.807) is 12.2 Å². The van der Waals surface area contributed by atoms with Gasteiger partial charge in [-0.25, -0.2) is 4.99 Å². The van der Waals surface area contributed by atoms with Gasteiger partial charge in [0.1, 0.15) is 6.34 Å². The molecule has 0 saturated heterocycles. The summed E-state index contributed by atoms with van der Waals surface area (Å²) >= 11 is 11.8. The van der Waals surface area contributed by atoms with E-state index in [0.717, 1.165) is 12.7 Å². The first-order valence-corrected chi connectivity index (χ1v) is 4.51. The van der Waals surface area contributed by atoms with Gasteiger partial charge in [-0.1, -0.05) is 23.2 Å². The van der Waals surface area contributed by atoms with Crippen molar-refractivity contribution in [2.24, 2.45) is 4.99 Å². The maximum atomic E-state index is 6.87. The van der Waals surface area contributed by atoms with Crippen molar-refractivity contribution in [2.75, 3.05) is 0 Å². The van der Waals surface area contributed by atoms with Crippen LogP contribution in [0.5, 0.6) is 0 Å². The van der Waals surface area contributed by atoms with Crippen molar-refractivity contribution in [1.82, 2.24) is 5.32 Å². The van der Waals surface area contributed by atoms with Gasteiger partial charge in [-0.15, -0.1) is 0 Å². The summed E-state index contributed by atoms with van der Waals surface area (Å²) in [7, 11) is 0. The molecule has 14 heavy (non-hydrogen) atoms. The Kier molecular flexibility index (Phi) is 3.85. The highest BCUT2D eigenvalue weighted by Crippen LogP contribution is 2.21. The first-order chi connectivity index (χ1) is 6.69. The van der Waals surface area contributed by atoms with E-state index in [1.807, 2.05) is 0 Å². The second-order valence-corrected chi connectivity index (χ2v) is 3.32. The van der Waals surface area contributed by atoms with E-state index in [9.17, 15) is 0 Å². The highest BCUT2D eigenvalue weighted by atomic mass is 35.5. The topological polar surface area (TPSA) is 72.1 Å². The van der Waals surface area contributed by atoms with Gasteiger partial charge in [0, 0.05) is 5.03 Å². The molecule has 1 aliphatic rings. The van der Waals surface area contributed by atoms with Crippen molar-refractivity contribution < 1.29 is 0 Å². The Morgan fingerprint density at radius 2 is 2.14 bits per heavy atom. The molecule has 0 saturated carbocycles. The van der Waals surface area contributed by atoms with Crippen molar-refractivity contribution in [3.63, 3.8) is 0 Å². The SMILES string of the molecule is N=C/N=C1\C=C(Cl)C(NC=N)C=C1Cl. The van der Waals surface area contributed by atoms with Crippen molar-refractivity contribution in [2.45, 2.75) is 6.04 Å². The van der Waals surface area contributed by atoms with Crippen molar-refractivity contribution in [3.8, 4) is 0 Å². The Morgan fingerprint density at radius 3 is 2.71 bits per heavy atom. The lowest BCUT2D eigenvalue weighted by atomic mass is 10.1. The number of halogens is 2. The molecule has 1 aliphatic carbocycles. The number of rotatable bonds is 3. The van der Waals surface area contributed by atoms with E-state index in [-0.39, 0.29) is 6.04 Å². The molecule has 4 nitrogen and oxygen atoms in total. The van der Waals surface area contributed by atoms with Crippen LogP contribution in [-0.2, 0) is 0 Å². The zero-order valence-corrected chi connectivity index (χ0v) is 8.60. The lowest BCUT2D eigenvalue weighted by Crippen LogP contribution is -2.29. The molecular weight excluding hydrogens is 223 g/mol. The highest BCUT2D eigenvalue weighted by molar-refractivity contribution is 6.48. The molecule has 0 aromatic carbocycles. The van der Waals surface area contributed by atoms with Gasteiger partial charge in [-0.3, -0.25) is 10.8 Å². The summed E-state index contributed by atoms with van der Waals surface area (Å²) in [4.78, 5) is 3.72. The second-order valence-electron chi connectivity index (χ2n) is 2.48. The molecule has 1 atom stereocenters. The van der Waals surface area contributed by atoms with Crippen LogP contribution < -0.4 is 5.32 Å². The standard InChI is InChI=1S/C8H8Cl2N4/c9-5-1-7(13-3-11)6(10)2-8(5)14-4-12/h1-4,7,12H,(H2,11,13)/b12-4?,14-8+. The summed E-state index contributed by atoms with van der Waals surface area (Å²) in [6, 6.07) is -0.286. The number of hydrogen-bond acceptors (Lipinski definition) is 2. The number of allylic oxidation sites excluding steroid dienone is 2. The molecular formula is C8H8Cl2N4. The van der Waals surface area contributed by atoms with Crippen LogP contribution in [0, 0.1) is 10.8 Å². The molecule has 0 heterocycles. The Bertz CT molecular complexity index is 343. The lowest BCUT2D eigenvalue weighted by Gasteiger charge is -2.17. The number of nitrogens with zero attached hydrogens (tertiary/aromatic N) is 1. The molecule has 0 spiro atoms. The lowest BCUT2D eigenvalue weighted by molar-refractivity contribution is 0.875. The van der Waals surface area contributed by atoms with Crippen LogP contribution in [0.4, 0.5) is 0 Å². The van der Waals surface area contributed by atoms with Gasteiger partial charge in [-0.05, 0) is 12.2 Å². The van der Waals surface area contributed by atoms with Gasteiger partial charge < -0.3 is 5.32 Å². The first kappa shape index (κ1) is 10.9. The fourth-order valence-electron chi connectivity index (χ4n) is 0.987. The molecule has 0 fully saturated rings. The van der Waals surface area contributed by atoms with Gasteiger partial charge >= 0.3 is 0 Å². The second kappa shape index (κ2) is 4.93. The molecule has 0 aromatic rings.